The molecule has 1 aromatic carbocycles. The first kappa shape index (κ1) is 13.3. The Kier molecular flexibility index (Phi) is 3.65. The molecule has 0 saturated carbocycles. The molecular weight excluding hydrogens is 238 g/mol. The van der Waals surface area contributed by atoms with Crippen molar-refractivity contribution in [2.45, 2.75) is 26.7 Å². The third kappa shape index (κ3) is 2.81. The number of aromatic carboxylic acids is 1. The van der Waals surface area contributed by atoms with Gasteiger partial charge in [-0.05, 0) is 30.0 Å². The normalized spacial score (nSPS) is 10.7. The Hall–Kier alpha value is -2.16. The minimum Gasteiger partial charge on any atom is -0.478 e. The average Bonchev–Trinajstić information content (AvgIpc) is 2.38. The highest BCUT2D eigenvalue weighted by atomic mass is 16.4. The highest BCUT2D eigenvalue weighted by Gasteiger charge is 2.09. The second-order valence-corrected chi connectivity index (χ2v) is 4.97. The lowest BCUT2D eigenvalue weighted by Crippen LogP contribution is -1.99. The molecule has 0 atom stereocenters. The van der Waals surface area contributed by atoms with E-state index in [2.05, 4.69) is 31.0 Å². The number of hydrogen-bond donors (Lipinski definition) is 1. The number of carboxylic acids is 1. The summed E-state index contributed by atoms with van der Waals surface area (Å²) in [5.41, 5.74) is 4.22. The van der Waals surface area contributed by atoms with Gasteiger partial charge in [-0.1, -0.05) is 38.1 Å². The molecule has 2 rings (SSSR count). The monoisotopic (exact) mass is 255 g/mol. The first-order valence-electron chi connectivity index (χ1n) is 6.29. The number of benzene rings is 1. The molecule has 0 aliphatic heterocycles. The molecule has 0 aliphatic rings. The first-order valence-corrected chi connectivity index (χ1v) is 6.29. The molecule has 3 heteroatoms. The van der Waals surface area contributed by atoms with E-state index in [1.54, 1.807) is 6.07 Å². The van der Waals surface area contributed by atoms with E-state index in [0.717, 1.165) is 16.8 Å². The Morgan fingerprint density at radius 1 is 1.21 bits per heavy atom. The smallest absolute Gasteiger partial charge is 0.337 e. The van der Waals surface area contributed by atoms with Gasteiger partial charge in [0, 0.05) is 11.8 Å². The van der Waals surface area contributed by atoms with Gasteiger partial charge in [0.15, 0.2) is 0 Å². The summed E-state index contributed by atoms with van der Waals surface area (Å²) in [7, 11) is 0. The topological polar surface area (TPSA) is 50.2 Å². The van der Waals surface area contributed by atoms with Crippen LogP contribution in [0.4, 0.5) is 0 Å². The zero-order valence-electron chi connectivity index (χ0n) is 11.3. The number of aryl methyl sites for hydroxylation is 1. The fourth-order valence-corrected chi connectivity index (χ4v) is 2.02. The van der Waals surface area contributed by atoms with Gasteiger partial charge >= 0.3 is 5.97 Å². The Morgan fingerprint density at radius 2 is 1.84 bits per heavy atom. The minimum absolute atomic E-state index is 0.222. The molecule has 0 fully saturated rings. The predicted molar refractivity (Wildman–Crippen MR) is 75.5 cm³/mol. The quantitative estimate of drug-likeness (QED) is 0.905. The molecule has 2 aromatic rings. The summed E-state index contributed by atoms with van der Waals surface area (Å²) in [5, 5.41) is 8.93. The van der Waals surface area contributed by atoms with Gasteiger partial charge in [0.2, 0.25) is 0 Å². The summed E-state index contributed by atoms with van der Waals surface area (Å²) < 4.78 is 0. The van der Waals surface area contributed by atoms with Crippen molar-refractivity contribution < 1.29 is 9.90 Å². The third-order valence-electron chi connectivity index (χ3n) is 3.18. The van der Waals surface area contributed by atoms with Crippen molar-refractivity contribution in [1.29, 1.82) is 0 Å². The summed E-state index contributed by atoms with van der Waals surface area (Å²) in [6, 6.07) is 9.90. The lowest BCUT2D eigenvalue weighted by molar-refractivity contribution is 0.0696. The number of carbonyl (C=O) groups is 1. The molecule has 0 amide bonds. The predicted octanol–water partition coefficient (Wildman–Crippen LogP) is 3.88. The lowest BCUT2D eigenvalue weighted by Gasteiger charge is -2.09. The van der Waals surface area contributed by atoms with Crippen LogP contribution in [0.2, 0.25) is 0 Å². The van der Waals surface area contributed by atoms with Crippen LogP contribution in [0.25, 0.3) is 11.3 Å². The van der Waals surface area contributed by atoms with Crippen molar-refractivity contribution in [2.24, 2.45) is 0 Å². The molecular formula is C16H17NO2. The van der Waals surface area contributed by atoms with Crippen LogP contribution in [0.15, 0.2) is 36.5 Å². The molecule has 0 spiro atoms. The van der Waals surface area contributed by atoms with Gasteiger partial charge in [-0.25, -0.2) is 4.79 Å². The van der Waals surface area contributed by atoms with Crippen LogP contribution < -0.4 is 0 Å². The molecule has 0 radical (unpaired) electrons. The number of nitrogens with zero attached hydrogens (tertiary/aromatic N) is 1. The third-order valence-corrected chi connectivity index (χ3v) is 3.18. The van der Waals surface area contributed by atoms with Crippen LogP contribution in [0.1, 0.15) is 41.3 Å². The summed E-state index contributed by atoms with van der Waals surface area (Å²) in [6.07, 6.45) is 1.40. The van der Waals surface area contributed by atoms with Crippen LogP contribution >= 0.6 is 0 Å². The van der Waals surface area contributed by atoms with Gasteiger partial charge in [-0.15, -0.1) is 0 Å². The Labute approximate surface area is 112 Å². The average molecular weight is 255 g/mol. The van der Waals surface area contributed by atoms with Crippen LogP contribution in [0, 0.1) is 6.92 Å². The van der Waals surface area contributed by atoms with E-state index in [9.17, 15) is 4.79 Å². The Balaban J connectivity index is 2.39. The Bertz CT molecular complexity index is 601. The lowest BCUT2D eigenvalue weighted by atomic mass is 9.99. The molecule has 1 heterocycles. The van der Waals surface area contributed by atoms with E-state index in [0.29, 0.717) is 5.92 Å². The largest absolute Gasteiger partial charge is 0.478 e. The van der Waals surface area contributed by atoms with E-state index in [1.165, 1.54) is 11.8 Å². The SMILES string of the molecule is Cc1cc(C(=O)O)cnc1-c1ccc(C(C)C)cc1. The van der Waals surface area contributed by atoms with Gasteiger partial charge < -0.3 is 5.11 Å². The van der Waals surface area contributed by atoms with Crippen molar-refractivity contribution in [3.63, 3.8) is 0 Å². The highest BCUT2D eigenvalue weighted by molar-refractivity contribution is 5.88. The fourth-order valence-electron chi connectivity index (χ4n) is 2.02. The summed E-state index contributed by atoms with van der Waals surface area (Å²) >= 11 is 0. The number of carboxylic acid groups (broad SMARTS) is 1. The zero-order chi connectivity index (χ0) is 14.0. The van der Waals surface area contributed by atoms with E-state index < -0.39 is 5.97 Å². The van der Waals surface area contributed by atoms with E-state index in [4.69, 9.17) is 5.11 Å². The molecule has 3 nitrogen and oxygen atoms in total. The van der Waals surface area contributed by atoms with Crippen LogP contribution in [0.5, 0.6) is 0 Å². The standard InChI is InChI=1S/C16H17NO2/c1-10(2)12-4-6-13(7-5-12)15-11(3)8-14(9-17-15)16(18)19/h4-10H,1-3H3,(H,18,19). The summed E-state index contributed by atoms with van der Waals surface area (Å²) in [4.78, 5) is 15.1. The van der Waals surface area contributed by atoms with Gasteiger partial charge in [0.05, 0.1) is 11.3 Å². The fraction of sp³-hybridized carbons (Fsp3) is 0.250. The molecule has 0 aliphatic carbocycles. The molecule has 0 unspecified atom stereocenters. The van der Waals surface area contributed by atoms with Crippen molar-refractivity contribution in [1.82, 2.24) is 4.98 Å². The van der Waals surface area contributed by atoms with Crippen LogP contribution in [-0.2, 0) is 0 Å². The number of pyridine rings is 1. The van der Waals surface area contributed by atoms with E-state index in [1.807, 2.05) is 19.1 Å². The van der Waals surface area contributed by atoms with E-state index in [-0.39, 0.29) is 5.56 Å². The van der Waals surface area contributed by atoms with Crippen molar-refractivity contribution in [2.75, 3.05) is 0 Å². The number of rotatable bonds is 3. The van der Waals surface area contributed by atoms with Gasteiger partial charge in [0.1, 0.15) is 0 Å². The van der Waals surface area contributed by atoms with Crippen LogP contribution in [-0.4, -0.2) is 16.1 Å². The maximum Gasteiger partial charge on any atom is 0.337 e. The Morgan fingerprint density at radius 3 is 2.32 bits per heavy atom. The zero-order valence-corrected chi connectivity index (χ0v) is 11.3. The van der Waals surface area contributed by atoms with Gasteiger partial charge in [0.25, 0.3) is 0 Å². The number of aromatic nitrogens is 1. The van der Waals surface area contributed by atoms with Gasteiger partial charge in [-0.3, -0.25) is 4.98 Å². The molecule has 19 heavy (non-hydrogen) atoms. The minimum atomic E-state index is -0.947. The van der Waals surface area contributed by atoms with Crippen molar-refractivity contribution in [3.05, 3.63) is 53.2 Å². The summed E-state index contributed by atoms with van der Waals surface area (Å²) in [6.45, 7) is 6.19. The maximum atomic E-state index is 10.9. The van der Waals surface area contributed by atoms with Crippen LogP contribution in [0.3, 0.4) is 0 Å². The first-order chi connectivity index (χ1) is 8.99. The molecule has 0 bridgehead atoms. The molecule has 98 valence electrons. The maximum absolute atomic E-state index is 10.9. The molecule has 0 saturated heterocycles. The van der Waals surface area contributed by atoms with Crippen molar-refractivity contribution in [3.8, 4) is 11.3 Å². The van der Waals surface area contributed by atoms with E-state index >= 15 is 0 Å². The second-order valence-electron chi connectivity index (χ2n) is 4.97. The van der Waals surface area contributed by atoms with Gasteiger partial charge in [-0.2, -0.15) is 0 Å². The van der Waals surface area contributed by atoms with Crippen molar-refractivity contribution >= 4 is 5.97 Å². The second kappa shape index (κ2) is 5.22. The summed E-state index contributed by atoms with van der Waals surface area (Å²) in [5.74, 6) is -0.449. The molecule has 1 aromatic heterocycles. The molecule has 1 N–H and O–H groups in total. The number of hydrogen-bond acceptors (Lipinski definition) is 2. The highest BCUT2D eigenvalue weighted by Crippen LogP contribution is 2.24.